The lowest BCUT2D eigenvalue weighted by Gasteiger charge is -2.34. The third kappa shape index (κ3) is 3.95. The van der Waals surface area contributed by atoms with Gasteiger partial charge in [0.25, 0.3) is 0 Å². The van der Waals surface area contributed by atoms with Crippen LogP contribution in [-0.2, 0) is 17.6 Å². The van der Waals surface area contributed by atoms with Crippen LogP contribution in [0.15, 0.2) is 18.2 Å². The van der Waals surface area contributed by atoms with E-state index >= 15 is 0 Å². The second-order valence-corrected chi connectivity index (χ2v) is 7.14. The maximum absolute atomic E-state index is 12.9. The van der Waals surface area contributed by atoms with Gasteiger partial charge in [-0.3, -0.25) is 4.79 Å². The van der Waals surface area contributed by atoms with Crippen LogP contribution in [0, 0.1) is 5.92 Å². The molecule has 0 bridgehead atoms. The summed E-state index contributed by atoms with van der Waals surface area (Å²) in [5.74, 6) is 0.639. The molecule has 1 aliphatic carbocycles. The molecule has 1 heterocycles. The standard InChI is InChI=1S/C20H30N2O/c21-13-5-4-7-16-11-12-19-18(15-16)10-6-14-22(19)20(23)17-8-2-1-3-9-17/h11-12,15,17H,1-10,13-14,21H2. The summed E-state index contributed by atoms with van der Waals surface area (Å²) in [4.78, 5) is 15.0. The highest BCUT2D eigenvalue weighted by Crippen LogP contribution is 2.33. The van der Waals surface area contributed by atoms with Gasteiger partial charge in [0.2, 0.25) is 5.91 Å². The molecule has 1 aliphatic heterocycles. The Hall–Kier alpha value is -1.35. The zero-order chi connectivity index (χ0) is 16.1. The van der Waals surface area contributed by atoms with Crippen LogP contribution in [0.2, 0.25) is 0 Å². The van der Waals surface area contributed by atoms with Gasteiger partial charge in [-0.15, -0.1) is 0 Å². The molecule has 1 amide bonds. The van der Waals surface area contributed by atoms with Crippen molar-refractivity contribution in [1.82, 2.24) is 0 Å². The number of nitrogens with two attached hydrogens (primary N) is 1. The first-order chi connectivity index (χ1) is 11.3. The van der Waals surface area contributed by atoms with Crippen LogP contribution in [0.4, 0.5) is 5.69 Å². The number of carbonyl (C=O) groups excluding carboxylic acids is 1. The minimum Gasteiger partial charge on any atom is -0.330 e. The van der Waals surface area contributed by atoms with E-state index in [1.165, 1.54) is 36.1 Å². The quantitative estimate of drug-likeness (QED) is 0.840. The van der Waals surface area contributed by atoms with E-state index < -0.39 is 0 Å². The Morgan fingerprint density at radius 1 is 1.13 bits per heavy atom. The van der Waals surface area contributed by atoms with E-state index in [4.69, 9.17) is 5.73 Å². The fraction of sp³-hybridized carbons (Fsp3) is 0.650. The lowest BCUT2D eigenvalue weighted by molar-refractivity contribution is -0.123. The Morgan fingerprint density at radius 2 is 1.96 bits per heavy atom. The van der Waals surface area contributed by atoms with Gasteiger partial charge in [-0.2, -0.15) is 0 Å². The van der Waals surface area contributed by atoms with Gasteiger partial charge in [-0.25, -0.2) is 0 Å². The highest BCUT2D eigenvalue weighted by molar-refractivity contribution is 5.96. The SMILES string of the molecule is NCCCCc1ccc2c(c1)CCCN2C(=O)C1CCCCC1. The molecule has 0 aromatic heterocycles. The summed E-state index contributed by atoms with van der Waals surface area (Å²) in [6.07, 6.45) is 11.4. The van der Waals surface area contributed by atoms with E-state index in [1.54, 1.807) is 0 Å². The van der Waals surface area contributed by atoms with Crippen molar-refractivity contribution in [2.75, 3.05) is 18.0 Å². The van der Waals surface area contributed by atoms with Crippen molar-refractivity contribution in [2.24, 2.45) is 11.7 Å². The molecule has 1 aromatic rings. The second kappa shape index (κ2) is 7.96. The number of anilines is 1. The monoisotopic (exact) mass is 314 g/mol. The number of carbonyl (C=O) groups is 1. The predicted octanol–water partition coefficient (Wildman–Crippen LogP) is 3.83. The summed E-state index contributed by atoms with van der Waals surface area (Å²) < 4.78 is 0. The van der Waals surface area contributed by atoms with Crippen molar-refractivity contribution in [1.29, 1.82) is 0 Å². The molecule has 1 fully saturated rings. The third-order valence-electron chi connectivity index (χ3n) is 5.40. The molecule has 2 aliphatic rings. The van der Waals surface area contributed by atoms with E-state index in [-0.39, 0.29) is 5.92 Å². The van der Waals surface area contributed by atoms with Crippen molar-refractivity contribution in [3.63, 3.8) is 0 Å². The Labute approximate surface area is 140 Å². The van der Waals surface area contributed by atoms with E-state index in [2.05, 4.69) is 23.1 Å². The van der Waals surface area contributed by atoms with Gasteiger partial charge in [-0.1, -0.05) is 31.4 Å². The van der Waals surface area contributed by atoms with Crippen molar-refractivity contribution in [3.8, 4) is 0 Å². The minimum absolute atomic E-state index is 0.263. The Bertz CT molecular complexity index is 534. The Morgan fingerprint density at radius 3 is 2.74 bits per heavy atom. The number of rotatable bonds is 5. The number of benzene rings is 1. The van der Waals surface area contributed by atoms with Gasteiger partial charge in [0.15, 0.2) is 0 Å². The molecule has 0 unspecified atom stereocenters. The zero-order valence-electron chi connectivity index (χ0n) is 14.2. The van der Waals surface area contributed by atoms with Crippen LogP contribution in [0.25, 0.3) is 0 Å². The van der Waals surface area contributed by atoms with Crippen LogP contribution >= 0.6 is 0 Å². The van der Waals surface area contributed by atoms with E-state index in [0.29, 0.717) is 5.91 Å². The molecular formula is C20H30N2O. The second-order valence-electron chi connectivity index (χ2n) is 7.14. The summed E-state index contributed by atoms with van der Waals surface area (Å²) in [5.41, 5.74) is 9.52. The molecule has 126 valence electrons. The maximum atomic E-state index is 12.9. The lowest BCUT2D eigenvalue weighted by atomic mass is 9.87. The number of hydrogen-bond donors (Lipinski definition) is 1. The van der Waals surface area contributed by atoms with Crippen LogP contribution in [0.3, 0.4) is 0 Å². The molecular weight excluding hydrogens is 284 g/mol. The fourth-order valence-corrected chi connectivity index (χ4v) is 4.08. The number of fused-ring (bicyclic) bond motifs is 1. The Balaban J connectivity index is 1.72. The first-order valence-electron chi connectivity index (χ1n) is 9.43. The van der Waals surface area contributed by atoms with Gasteiger partial charge in [-0.05, 0) is 68.7 Å². The van der Waals surface area contributed by atoms with Gasteiger partial charge < -0.3 is 10.6 Å². The normalized spacial score (nSPS) is 18.7. The molecule has 2 N–H and O–H groups in total. The van der Waals surface area contributed by atoms with Gasteiger partial charge in [0.1, 0.15) is 0 Å². The first kappa shape index (κ1) is 16.5. The van der Waals surface area contributed by atoms with Crippen molar-refractivity contribution in [3.05, 3.63) is 29.3 Å². The minimum atomic E-state index is 0.263. The number of unbranched alkanes of at least 4 members (excludes halogenated alkanes) is 1. The highest BCUT2D eigenvalue weighted by Gasteiger charge is 2.29. The van der Waals surface area contributed by atoms with Crippen LogP contribution in [0.1, 0.15) is 62.5 Å². The van der Waals surface area contributed by atoms with Crippen LogP contribution in [0.5, 0.6) is 0 Å². The largest absolute Gasteiger partial charge is 0.330 e. The van der Waals surface area contributed by atoms with E-state index in [1.807, 2.05) is 0 Å². The van der Waals surface area contributed by atoms with Gasteiger partial charge in [0.05, 0.1) is 0 Å². The number of hydrogen-bond acceptors (Lipinski definition) is 2. The van der Waals surface area contributed by atoms with Crippen LogP contribution in [-0.4, -0.2) is 19.0 Å². The first-order valence-corrected chi connectivity index (χ1v) is 9.43. The molecule has 1 saturated carbocycles. The highest BCUT2D eigenvalue weighted by atomic mass is 16.2. The average Bonchev–Trinajstić information content (AvgIpc) is 2.61. The molecule has 0 radical (unpaired) electrons. The molecule has 0 saturated heterocycles. The number of nitrogens with zero attached hydrogens (tertiary/aromatic N) is 1. The van der Waals surface area contributed by atoms with Gasteiger partial charge >= 0.3 is 0 Å². The maximum Gasteiger partial charge on any atom is 0.230 e. The fourth-order valence-electron chi connectivity index (χ4n) is 4.08. The van der Waals surface area contributed by atoms with Crippen molar-refractivity contribution < 1.29 is 4.79 Å². The summed E-state index contributed by atoms with van der Waals surface area (Å²) in [7, 11) is 0. The molecule has 0 atom stereocenters. The molecule has 3 rings (SSSR count). The molecule has 1 aromatic carbocycles. The van der Waals surface area contributed by atoms with Crippen LogP contribution < -0.4 is 10.6 Å². The van der Waals surface area contributed by atoms with Gasteiger partial charge in [0, 0.05) is 18.2 Å². The average molecular weight is 314 g/mol. The smallest absolute Gasteiger partial charge is 0.230 e. The Kier molecular flexibility index (Phi) is 5.71. The lowest BCUT2D eigenvalue weighted by Crippen LogP contribution is -2.40. The molecule has 3 nitrogen and oxygen atoms in total. The topological polar surface area (TPSA) is 46.3 Å². The van der Waals surface area contributed by atoms with E-state index in [9.17, 15) is 4.79 Å². The summed E-state index contributed by atoms with van der Waals surface area (Å²) >= 11 is 0. The summed E-state index contributed by atoms with van der Waals surface area (Å²) in [6.45, 7) is 1.67. The van der Waals surface area contributed by atoms with Crippen molar-refractivity contribution in [2.45, 2.75) is 64.2 Å². The van der Waals surface area contributed by atoms with E-state index in [0.717, 1.165) is 58.0 Å². The molecule has 3 heteroatoms. The molecule has 0 spiro atoms. The summed E-state index contributed by atoms with van der Waals surface area (Å²) in [6, 6.07) is 6.72. The van der Waals surface area contributed by atoms with Crippen molar-refractivity contribution >= 4 is 11.6 Å². The predicted molar refractivity (Wildman–Crippen MR) is 95.7 cm³/mol. The third-order valence-corrected chi connectivity index (χ3v) is 5.40. The summed E-state index contributed by atoms with van der Waals surface area (Å²) in [5, 5.41) is 0. The molecule has 23 heavy (non-hydrogen) atoms. The zero-order valence-corrected chi connectivity index (χ0v) is 14.2. The number of aryl methyl sites for hydroxylation is 2. The number of amides is 1.